The summed E-state index contributed by atoms with van der Waals surface area (Å²) in [6, 6.07) is 28.2. The van der Waals surface area contributed by atoms with E-state index in [-0.39, 0.29) is 0 Å². The van der Waals surface area contributed by atoms with Crippen LogP contribution in [0.3, 0.4) is 0 Å². The predicted molar refractivity (Wildman–Crippen MR) is 118 cm³/mol. The first kappa shape index (κ1) is 18.3. The molecule has 0 saturated heterocycles. The zero-order valence-corrected chi connectivity index (χ0v) is 16.4. The lowest BCUT2D eigenvalue weighted by Gasteiger charge is -2.12. The van der Waals surface area contributed by atoms with Gasteiger partial charge < -0.3 is 4.74 Å². The molecule has 0 atom stereocenters. The van der Waals surface area contributed by atoms with Gasteiger partial charge in [-0.15, -0.1) is 0 Å². The number of aryl methyl sites for hydroxylation is 1. The van der Waals surface area contributed by atoms with E-state index in [0.717, 1.165) is 33.3 Å². The second-order valence-electron chi connectivity index (χ2n) is 6.67. The van der Waals surface area contributed by atoms with Crippen LogP contribution in [-0.2, 0) is 6.61 Å². The van der Waals surface area contributed by atoms with E-state index in [0.29, 0.717) is 11.6 Å². The van der Waals surface area contributed by atoms with Crippen molar-refractivity contribution in [3.8, 4) is 5.75 Å². The number of fused-ring (bicyclic) bond motifs is 1. The summed E-state index contributed by atoms with van der Waals surface area (Å²) in [4.78, 5) is 4.67. The minimum Gasteiger partial charge on any atom is -0.488 e. The molecule has 0 N–H and O–H groups in total. The Morgan fingerprint density at radius 1 is 0.857 bits per heavy atom. The van der Waals surface area contributed by atoms with Crippen LogP contribution in [0.1, 0.15) is 16.7 Å². The van der Waals surface area contributed by atoms with Gasteiger partial charge >= 0.3 is 0 Å². The van der Waals surface area contributed by atoms with Gasteiger partial charge in [-0.3, -0.25) is 4.99 Å². The zero-order valence-electron chi connectivity index (χ0n) is 15.6. The largest absolute Gasteiger partial charge is 0.488 e. The lowest BCUT2D eigenvalue weighted by atomic mass is 10.0. The number of hydrogen-bond donors (Lipinski definition) is 0. The number of hydrogen-bond acceptors (Lipinski definition) is 2. The highest BCUT2D eigenvalue weighted by Gasteiger charge is 2.08. The van der Waals surface area contributed by atoms with Crippen LogP contribution in [0.5, 0.6) is 5.75 Å². The van der Waals surface area contributed by atoms with Crippen LogP contribution in [0.4, 0.5) is 5.69 Å². The molecular formula is C25H20ClNO. The van der Waals surface area contributed by atoms with Crippen LogP contribution in [0.2, 0.25) is 5.02 Å². The third-order valence-electron chi connectivity index (χ3n) is 4.65. The molecule has 4 aromatic carbocycles. The number of aliphatic imine (C=N–C) groups is 1. The van der Waals surface area contributed by atoms with Crippen molar-refractivity contribution in [3.05, 3.63) is 107 Å². The summed E-state index contributed by atoms with van der Waals surface area (Å²) < 4.78 is 6.14. The smallest absolute Gasteiger partial charge is 0.129 e. The van der Waals surface area contributed by atoms with E-state index in [1.165, 1.54) is 5.56 Å². The molecule has 28 heavy (non-hydrogen) atoms. The van der Waals surface area contributed by atoms with E-state index in [1.807, 2.05) is 60.8 Å². The molecule has 0 unspecified atom stereocenters. The summed E-state index contributed by atoms with van der Waals surface area (Å²) in [5.41, 5.74) is 4.05. The second-order valence-corrected chi connectivity index (χ2v) is 7.08. The van der Waals surface area contributed by atoms with Gasteiger partial charge in [0.15, 0.2) is 0 Å². The van der Waals surface area contributed by atoms with Crippen LogP contribution < -0.4 is 4.74 Å². The van der Waals surface area contributed by atoms with Gasteiger partial charge in [0.1, 0.15) is 12.4 Å². The van der Waals surface area contributed by atoms with Crippen LogP contribution in [0.25, 0.3) is 10.8 Å². The molecule has 0 saturated carbocycles. The molecule has 0 bridgehead atoms. The number of nitrogens with zero attached hydrogens (tertiary/aromatic N) is 1. The number of ether oxygens (including phenoxy) is 1. The maximum Gasteiger partial charge on any atom is 0.129 e. The van der Waals surface area contributed by atoms with Gasteiger partial charge in [0.2, 0.25) is 0 Å². The second kappa shape index (κ2) is 8.28. The molecule has 3 heteroatoms. The molecule has 4 aromatic rings. The molecular weight excluding hydrogens is 366 g/mol. The zero-order chi connectivity index (χ0) is 19.3. The molecule has 0 aliphatic rings. The van der Waals surface area contributed by atoms with Crippen molar-refractivity contribution < 1.29 is 4.74 Å². The molecule has 0 aliphatic carbocycles. The third-order valence-corrected chi connectivity index (χ3v) is 5.02. The van der Waals surface area contributed by atoms with E-state index in [1.54, 1.807) is 0 Å². The van der Waals surface area contributed by atoms with Crippen LogP contribution in [-0.4, -0.2) is 6.21 Å². The minimum absolute atomic E-state index is 0.406. The monoisotopic (exact) mass is 385 g/mol. The van der Waals surface area contributed by atoms with Gasteiger partial charge in [0.25, 0.3) is 0 Å². The van der Waals surface area contributed by atoms with Crippen molar-refractivity contribution in [3.63, 3.8) is 0 Å². The fraction of sp³-hybridized carbons (Fsp3) is 0.0800. The summed E-state index contributed by atoms with van der Waals surface area (Å²) in [5, 5.41) is 2.96. The third kappa shape index (κ3) is 4.08. The standard InChI is InChI=1S/C25H20ClNO/c1-18-10-13-21(14-11-18)27-16-23-22-8-4-2-6-19(22)12-15-25(23)28-17-20-7-3-5-9-24(20)26/h2-16H,17H2,1H3. The maximum atomic E-state index is 6.27. The molecule has 0 heterocycles. The number of halogens is 1. The van der Waals surface area contributed by atoms with E-state index >= 15 is 0 Å². The van der Waals surface area contributed by atoms with Crippen molar-refractivity contribution in [2.24, 2.45) is 4.99 Å². The summed E-state index contributed by atoms with van der Waals surface area (Å²) in [5.74, 6) is 0.787. The van der Waals surface area contributed by atoms with Crippen molar-refractivity contribution in [1.82, 2.24) is 0 Å². The average molecular weight is 386 g/mol. The highest BCUT2D eigenvalue weighted by atomic mass is 35.5. The molecule has 0 aromatic heterocycles. The average Bonchev–Trinajstić information content (AvgIpc) is 2.73. The van der Waals surface area contributed by atoms with Gasteiger partial charge in [-0.2, -0.15) is 0 Å². The Labute approximate surface area is 170 Å². The summed E-state index contributed by atoms with van der Waals surface area (Å²) >= 11 is 6.27. The highest BCUT2D eigenvalue weighted by molar-refractivity contribution is 6.31. The molecule has 0 aliphatic heterocycles. The van der Waals surface area contributed by atoms with Crippen molar-refractivity contribution in [1.29, 1.82) is 0 Å². The van der Waals surface area contributed by atoms with Gasteiger partial charge in [0, 0.05) is 22.4 Å². The Morgan fingerprint density at radius 3 is 2.43 bits per heavy atom. The van der Waals surface area contributed by atoms with Gasteiger partial charge in [-0.05, 0) is 42.0 Å². The molecule has 138 valence electrons. The molecule has 4 rings (SSSR count). The van der Waals surface area contributed by atoms with Crippen molar-refractivity contribution in [2.75, 3.05) is 0 Å². The molecule has 0 spiro atoms. The Morgan fingerprint density at radius 2 is 1.61 bits per heavy atom. The topological polar surface area (TPSA) is 21.6 Å². The minimum atomic E-state index is 0.406. The first-order valence-electron chi connectivity index (χ1n) is 9.19. The SMILES string of the molecule is Cc1ccc(N=Cc2c(OCc3ccccc3Cl)ccc3ccccc23)cc1. The van der Waals surface area contributed by atoms with E-state index in [2.05, 4.69) is 42.2 Å². The fourth-order valence-corrected chi connectivity index (χ4v) is 3.27. The van der Waals surface area contributed by atoms with E-state index in [4.69, 9.17) is 16.3 Å². The Hall–Kier alpha value is -3.10. The maximum absolute atomic E-state index is 6.27. The normalized spacial score (nSPS) is 11.2. The lowest BCUT2D eigenvalue weighted by Crippen LogP contribution is -1.99. The summed E-state index contributed by atoms with van der Waals surface area (Å²) in [6.45, 7) is 2.47. The first-order valence-corrected chi connectivity index (χ1v) is 9.57. The molecule has 0 radical (unpaired) electrons. The van der Waals surface area contributed by atoms with Crippen LogP contribution >= 0.6 is 11.6 Å². The van der Waals surface area contributed by atoms with Crippen molar-refractivity contribution >= 4 is 34.3 Å². The lowest BCUT2D eigenvalue weighted by molar-refractivity contribution is 0.306. The number of rotatable bonds is 5. The fourth-order valence-electron chi connectivity index (χ4n) is 3.08. The highest BCUT2D eigenvalue weighted by Crippen LogP contribution is 2.29. The summed E-state index contributed by atoms with van der Waals surface area (Å²) in [6.07, 6.45) is 1.88. The number of benzene rings is 4. The quantitative estimate of drug-likeness (QED) is 0.335. The molecule has 0 fully saturated rings. The molecule has 2 nitrogen and oxygen atoms in total. The van der Waals surface area contributed by atoms with Gasteiger partial charge in [0.05, 0.1) is 5.69 Å². The van der Waals surface area contributed by atoms with Crippen LogP contribution in [0.15, 0.2) is 89.9 Å². The molecule has 0 amide bonds. The van der Waals surface area contributed by atoms with E-state index < -0.39 is 0 Å². The Kier molecular flexibility index (Phi) is 5.41. The summed E-state index contributed by atoms with van der Waals surface area (Å²) in [7, 11) is 0. The van der Waals surface area contributed by atoms with Crippen molar-refractivity contribution in [2.45, 2.75) is 13.5 Å². The Bertz CT molecular complexity index is 1130. The van der Waals surface area contributed by atoms with Gasteiger partial charge in [-0.1, -0.05) is 77.8 Å². The predicted octanol–water partition coefficient (Wildman–Crippen LogP) is 7.13. The van der Waals surface area contributed by atoms with Gasteiger partial charge in [-0.25, -0.2) is 0 Å². The first-order chi connectivity index (χ1) is 13.7. The Balaban J connectivity index is 1.70. The van der Waals surface area contributed by atoms with Crippen LogP contribution in [0, 0.1) is 6.92 Å². The van der Waals surface area contributed by atoms with E-state index in [9.17, 15) is 0 Å².